The molecule has 10 atom stereocenters. The number of carboxylic acids is 2. The van der Waals surface area contributed by atoms with Gasteiger partial charge < -0.3 is 25.3 Å². The second-order valence-corrected chi connectivity index (χ2v) is 13.0. The minimum absolute atomic E-state index is 0.101. The normalized spacial score (nSPS) is 42.5. The Balaban J connectivity index is 1.43. The second-order valence-electron chi connectivity index (χ2n) is 13.0. The molecule has 0 radical (unpaired) electrons. The number of fused-ring (bicyclic) bond motifs is 5. The summed E-state index contributed by atoms with van der Waals surface area (Å²) in [6.45, 7) is 5.78. The van der Waals surface area contributed by atoms with Crippen LogP contribution < -0.4 is 0 Å². The van der Waals surface area contributed by atoms with E-state index in [2.05, 4.69) is 20.8 Å². The van der Waals surface area contributed by atoms with E-state index in [-0.39, 0.29) is 35.4 Å². The molecule has 1 unspecified atom stereocenters. The summed E-state index contributed by atoms with van der Waals surface area (Å²) in [5, 5.41) is 39.8. The molecule has 4 aliphatic rings. The smallest absolute Gasteiger partial charge is 0.323 e. The number of carbonyl (C=O) groups is 3. The summed E-state index contributed by atoms with van der Waals surface area (Å²) in [6, 6.07) is 0. The highest BCUT2D eigenvalue weighted by Crippen LogP contribution is 2.68. The zero-order valence-corrected chi connectivity index (χ0v) is 22.1. The number of carboxylic acid groups (broad SMARTS) is 2. The molecule has 0 saturated heterocycles. The van der Waals surface area contributed by atoms with Gasteiger partial charge in [0.2, 0.25) is 5.91 Å². The van der Waals surface area contributed by atoms with E-state index >= 15 is 0 Å². The third-order valence-electron chi connectivity index (χ3n) is 11.2. The average molecular weight is 508 g/mol. The fraction of sp³-hybridized carbons (Fsp3) is 0.893. The van der Waals surface area contributed by atoms with Gasteiger partial charge in [0.25, 0.3) is 0 Å². The molecule has 0 aromatic carbocycles. The lowest BCUT2D eigenvalue weighted by Gasteiger charge is -2.62. The molecule has 1 amide bonds. The predicted octanol–water partition coefficient (Wildman–Crippen LogP) is 3.39. The van der Waals surface area contributed by atoms with Gasteiger partial charge in [-0.15, -0.1) is 0 Å². The third-order valence-corrected chi connectivity index (χ3v) is 11.2. The van der Waals surface area contributed by atoms with Gasteiger partial charge in [-0.05, 0) is 104 Å². The van der Waals surface area contributed by atoms with E-state index in [4.69, 9.17) is 10.2 Å². The monoisotopic (exact) mass is 507 g/mol. The lowest BCUT2D eigenvalue weighted by atomic mass is 9.43. The quantitative estimate of drug-likeness (QED) is 0.395. The maximum absolute atomic E-state index is 12.7. The van der Waals surface area contributed by atoms with Crippen molar-refractivity contribution in [3.63, 3.8) is 0 Å². The van der Waals surface area contributed by atoms with Crippen LogP contribution in [0.3, 0.4) is 0 Å². The van der Waals surface area contributed by atoms with Crippen molar-refractivity contribution >= 4 is 17.8 Å². The van der Waals surface area contributed by atoms with E-state index < -0.39 is 30.9 Å². The number of aliphatic carboxylic acids is 2. The zero-order valence-electron chi connectivity index (χ0n) is 22.1. The highest BCUT2D eigenvalue weighted by molar-refractivity contribution is 5.85. The first-order valence-corrected chi connectivity index (χ1v) is 13.9. The minimum atomic E-state index is -1.21. The first-order chi connectivity index (χ1) is 16.9. The van der Waals surface area contributed by atoms with Gasteiger partial charge in [0.05, 0.1) is 12.2 Å². The van der Waals surface area contributed by atoms with Crippen molar-refractivity contribution < 1.29 is 34.8 Å². The molecule has 204 valence electrons. The van der Waals surface area contributed by atoms with E-state index in [1.807, 2.05) is 0 Å². The van der Waals surface area contributed by atoms with Gasteiger partial charge in [-0.1, -0.05) is 20.8 Å². The Bertz CT molecular complexity index is 847. The molecule has 36 heavy (non-hydrogen) atoms. The highest BCUT2D eigenvalue weighted by atomic mass is 16.4. The standard InChI is InChI=1S/C28H45NO7/c1-16(4-7-23(32)29(14-24(33)34)15-25(35)36)19-5-6-20-26-21(9-11-28(19,20)3)27(2)10-8-18(30)12-17(27)13-22(26)31/h16-22,26,30-31H,4-15H2,1-3H3,(H,33,34)(H,35,36)/t16-,17+,18-,19-,20+,21?,22+,26+,27+,28-/m1/s1. The Morgan fingerprint density at radius 2 is 1.50 bits per heavy atom. The van der Waals surface area contributed by atoms with Gasteiger partial charge in [0, 0.05) is 6.42 Å². The molecule has 0 aromatic heterocycles. The Labute approximate surface area is 214 Å². The molecule has 0 heterocycles. The topological polar surface area (TPSA) is 135 Å². The fourth-order valence-corrected chi connectivity index (χ4v) is 9.44. The number of rotatable bonds is 8. The number of hydrogen-bond donors (Lipinski definition) is 4. The first kappa shape index (κ1) is 27.4. The number of carbonyl (C=O) groups excluding carboxylic acids is 1. The average Bonchev–Trinajstić information content (AvgIpc) is 3.14. The van der Waals surface area contributed by atoms with Crippen LogP contribution >= 0.6 is 0 Å². The van der Waals surface area contributed by atoms with Crippen molar-refractivity contribution in [3.05, 3.63) is 0 Å². The van der Waals surface area contributed by atoms with Gasteiger partial charge >= 0.3 is 11.9 Å². The molecular weight excluding hydrogens is 462 g/mol. The molecule has 4 N–H and O–H groups in total. The van der Waals surface area contributed by atoms with Crippen molar-refractivity contribution in [2.75, 3.05) is 13.1 Å². The van der Waals surface area contributed by atoms with Crippen LogP contribution in [0.5, 0.6) is 0 Å². The van der Waals surface area contributed by atoms with E-state index in [1.165, 1.54) is 0 Å². The summed E-state index contributed by atoms with van der Waals surface area (Å²) >= 11 is 0. The van der Waals surface area contributed by atoms with E-state index in [0.29, 0.717) is 36.0 Å². The molecule has 8 nitrogen and oxygen atoms in total. The summed E-state index contributed by atoms with van der Waals surface area (Å²) in [6.07, 6.45) is 8.09. The lowest BCUT2D eigenvalue weighted by molar-refractivity contribution is -0.174. The van der Waals surface area contributed by atoms with Gasteiger partial charge in [0.1, 0.15) is 13.1 Å². The van der Waals surface area contributed by atoms with Crippen LogP contribution in [0.1, 0.15) is 85.0 Å². The van der Waals surface area contributed by atoms with Crippen molar-refractivity contribution in [1.82, 2.24) is 4.90 Å². The number of aliphatic hydroxyl groups excluding tert-OH is 2. The van der Waals surface area contributed by atoms with Crippen molar-refractivity contribution in [2.24, 2.45) is 46.3 Å². The summed E-state index contributed by atoms with van der Waals surface area (Å²) in [5.74, 6) is -0.534. The molecule has 4 fully saturated rings. The summed E-state index contributed by atoms with van der Waals surface area (Å²) in [4.78, 5) is 35.8. The van der Waals surface area contributed by atoms with Crippen molar-refractivity contribution in [1.29, 1.82) is 0 Å². The van der Waals surface area contributed by atoms with E-state index in [0.717, 1.165) is 56.3 Å². The molecule has 4 saturated carbocycles. The SMILES string of the molecule is C[C@H](CCC(=O)N(CC(=O)O)CC(=O)O)[C@H]1CC[C@H]2[C@H]3C(CC[C@]12C)[C@@]1(C)CC[C@@H](O)C[C@H]1C[C@@H]3O. The fourth-order valence-electron chi connectivity index (χ4n) is 9.44. The van der Waals surface area contributed by atoms with Crippen LogP contribution in [-0.4, -0.2) is 68.5 Å². The second kappa shape index (κ2) is 10.2. The van der Waals surface area contributed by atoms with Crippen LogP contribution in [0.2, 0.25) is 0 Å². The Morgan fingerprint density at radius 3 is 2.14 bits per heavy atom. The molecule has 4 rings (SSSR count). The molecule has 8 heteroatoms. The van der Waals surface area contributed by atoms with Crippen LogP contribution in [0.15, 0.2) is 0 Å². The predicted molar refractivity (Wildman–Crippen MR) is 133 cm³/mol. The first-order valence-electron chi connectivity index (χ1n) is 13.9. The van der Waals surface area contributed by atoms with Crippen LogP contribution in [0.25, 0.3) is 0 Å². The number of nitrogens with zero attached hydrogens (tertiary/aromatic N) is 1. The largest absolute Gasteiger partial charge is 0.480 e. The number of aliphatic hydroxyl groups is 2. The maximum atomic E-state index is 12.7. The van der Waals surface area contributed by atoms with Gasteiger partial charge in [0.15, 0.2) is 0 Å². The Kier molecular flexibility index (Phi) is 7.78. The van der Waals surface area contributed by atoms with E-state index in [1.54, 1.807) is 0 Å². The van der Waals surface area contributed by atoms with Crippen LogP contribution in [-0.2, 0) is 14.4 Å². The van der Waals surface area contributed by atoms with Gasteiger partial charge in [-0.3, -0.25) is 14.4 Å². The molecule has 0 aromatic rings. The molecule has 0 aliphatic heterocycles. The van der Waals surface area contributed by atoms with Crippen molar-refractivity contribution in [2.45, 2.75) is 97.2 Å². The maximum Gasteiger partial charge on any atom is 0.323 e. The minimum Gasteiger partial charge on any atom is -0.480 e. The summed E-state index contributed by atoms with van der Waals surface area (Å²) < 4.78 is 0. The third kappa shape index (κ3) is 4.92. The van der Waals surface area contributed by atoms with Crippen LogP contribution in [0, 0.1) is 46.3 Å². The Hall–Kier alpha value is -1.67. The van der Waals surface area contributed by atoms with Crippen molar-refractivity contribution in [3.8, 4) is 0 Å². The zero-order chi connectivity index (χ0) is 26.4. The number of hydrogen-bond acceptors (Lipinski definition) is 5. The van der Waals surface area contributed by atoms with E-state index in [9.17, 15) is 24.6 Å². The summed E-state index contributed by atoms with van der Waals surface area (Å²) in [5.41, 5.74) is 0.294. The number of amides is 1. The molecule has 0 bridgehead atoms. The highest BCUT2D eigenvalue weighted by Gasteiger charge is 2.62. The van der Waals surface area contributed by atoms with Gasteiger partial charge in [-0.2, -0.15) is 0 Å². The molecule has 4 aliphatic carbocycles. The summed E-state index contributed by atoms with van der Waals surface area (Å²) in [7, 11) is 0. The Morgan fingerprint density at radius 1 is 0.889 bits per heavy atom. The molecule has 0 spiro atoms. The molecular formula is C28H45NO7. The van der Waals surface area contributed by atoms with Gasteiger partial charge in [-0.25, -0.2) is 0 Å². The van der Waals surface area contributed by atoms with Crippen LogP contribution in [0.4, 0.5) is 0 Å². The lowest BCUT2D eigenvalue weighted by Crippen LogP contribution is -2.58.